The Bertz CT molecular complexity index is 2260. The van der Waals surface area contributed by atoms with Crippen molar-refractivity contribution in [2.45, 2.75) is 0 Å². The van der Waals surface area contributed by atoms with Gasteiger partial charge in [-0.25, -0.2) is 0 Å². The van der Waals surface area contributed by atoms with E-state index in [9.17, 15) is 0 Å². The number of benzene rings is 8. The molecule has 0 amide bonds. The molecule has 0 saturated carbocycles. The summed E-state index contributed by atoms with van der Waals surface area (Å²) in [5.74, 6) is 0. The number of anilines is 3. The Morgan fingerprint density at radius 3 is 1.60 bits per heavy atom. The van der Waals surface area contributed by atoms with Gasteiger partial charge >= 0.3 is 0 Å². The second-order valence-electron chi connectivity index (χ2n) is 11.4. The Labute approximate surface area is 264 Å². The van der Waals surface area contributed by atoms with Crippen LogP contribution in [-0.2, 0) is 0 Å². The highest BCUT2D eigenvalue weighted by Gasteiger charge is 2.16. The lowest BCUT2D eigenvalue weighted by molar-refractivity contribution is 1.30. The molecule has 1 heteroatoms. The van der Waals surface area contributed by atoms with Crippen LogP contribution in [0.5, 0.6) is 0 Å². The average Bonchev–Trinajstić information content (AvgIpc) is 3.12. The minimum absolute atomic E-state index is 1.12. The summed E-state index contributed by atoms with van der Waals surface area (Å²) in [4.78, 5) is 2.39. The lowest BCUT2D eigenvalue weighted by Gasteiger charge is -2.27. The van der Waals surface area contributed by atoms with Crippen molar-refractivity contribution >= 4 is 38.6 Å². The van der Waals surface area contributed by atoms with E-state index in [4.69, 9.17) is 0 Å². The highest BCUT2D eigenvalue weighted by molar-refractivity contribution is 5.99. The van der Waals surface area contributed by atoms with Crippen molar-refractivity contribution in [3.05, 3.63) is 188 Å². The second kappa shape index (κ2) is 11.6. The predicted molar refractivity (Wildman–Crippen MR) is 192 cm³/mol. The third-order valence-electron chi connectivity index (χ3n) is 8.62. The van der Waals surface area contributed by atoms with Gasteiger partial charge in [-0.2, -0.15) is 0 Å². The summed E-state index contributed by atoms with van der Waals surface area (Å²) in [6, 6.07) is 67.7. The third-order valence-corrected chi connectivity index (χ3v) is 8.62. The zero-order valence-electron chi connectivity index (χ0n) is 24.8. The van der Waals surface area contributed by atoms with Crippen LogP contribution in [0, 0.1) is 0 Å². The molecule has 0 aliphatic rings. The number of nitrogens with zero attached hydrogens (tertiary/aromatic N) is 1. The monoisotopic (exact) mass is 573 g/mol. The summed E-state index contributed by atoms with van der Waals surface area (Å²) in [6.07, 6.45) is 0. The molecule has 0 unspecified atom stereocenters. The van der Waals surface area contributed by atoms with Crippen LogP contribution in [0.15, 0.2) is 188 Å². The van der Waals surface area contributed by atoms with Crippen molar-refractivity contribution in [1.82, 2.24) is 0 Å². The molecule has 0 atom stereocenters. The normalized spacial score (nSPS) is 11.1. The maximum absolute atomic E-state index is 2.39. The molecular formula is C44H31N. The Balaban J connectivity index is 1.23. The van der Waals surface area contributed by atoms with E-state index in [0.717, 1.165) is 17.1 Å². The molecule has 212 valence electrons. The van der Waals surface area contributed by atoms with Gasteiger partial charge in [-0.05, 0) is 92.0 Å². The lowest BCUT2D eigenvalue weighted by Crippen LogP contribution is -2.10. The van der Waals surface area contributed by atoms with Crippen molar-refractivity contribution in [3.63, 3.8) is 0 Å². The van der Waals surface area contributed by atoms with Gasteiger partial charge in [0.15, 0.2) is 0 Å². The van der Waals surface area contributed by atoms with E-state index in [1.165, 1.54) is 54.9 Å². The summed E-state index contributed by atoms with van der Waals surface area (Å²) in [5, 5.41) is 4.94. The first-order valence-electron chi connectivity index (χ1n) is 15.4. The standard InChI is InChI=1S/C44H31N/c1-2-11-32(12-3-1)37-17-8-18-38(29-37)34-25-27-41(28-26-34)45(44-22-10-16-35-14-6-7-21-43(35)44)42-20-9-19-39(31-42)40-24-23-33-13-4-5-15-36(33)30-40/h1-31H. The van der Waals surface area contributed by atoms with Gasteiger partial charge < -0.3 is 4.90 Å². The van der Waals surface area contributed by atoms with Crippen molar-refractivity contribution in [2.24, 2.45) is 0 Å². The van der Waals surface area contributed by atoms with E-state index >= 15 is 0 Å². The van der Waals surface area contributed by atoms with Gasteiger partial charge in [0.05, 0.1) is 5.69 Å². The molecule has 0 fully saturated rings. The minimum Gasteiger partial charge on any atom is -0.310 e. The smallest absolute Gasteiger partial charge is 0.0540 e. The quantitative estimate of drug-likeness (QED) is 0.191. The van der Waals surface area contributed by atoms with Crippen molar-refractivity contribution in [3.8, 4) is 33.4 Å². The fourth-order valence-corrected chi connectivity index (χ4v) is 6.34. The predicted octanol–water partition coefficient (Wildman–Crippen LogP) is 12.5. The number of hydrogen-bond donors (Lipinski definition) is 0. The van der Waals surface area contributed by atoms with Crippen LogP contribution in [0.4, 0.5) is 17.1 Å². The molecule has 0 radical (unpaired) electrons. The Morgan fingerprint density at radius 2 is 0.800 bits per heavy atom. The highest BCUT2D eigenvalue weighted by Crippen LogP contribution is 2.41. The van der Waals surface area contributed by atoms with E-state index in [0.29, 0.717) is 0 Å². The third kappa shape index (κ3) is 5.26. The molecule has 8 rings (SSSR count). The van der Waals surface area contributed by atoms with Gasteiger partial charge in [0, 0.05) is 16.8 Å². The van der Waals surface area contributed by atoms with Crippen LogP contribution in [-0.4, -0.2) is 0 Å². The number of hydrogen-bond acceptors (Lipinski definition) is 1. The van der Waals surface area contributed by atoms with Crippen LogP contribution in [0.2, 0.25) is 0 Å². The van der Waals surface area contributed by atoms with Gasteiger partial charge in [0.2, 0.25) is 0 Å². The SMILES string of the molecule is c1ccc(-c2cccc(-c3ccc(N(c4cccc(-c5ccc6ccccc6c5)c4)c4cccc5ccccc45)cc3)c2)cc1. The average molecular weight is 574 g/mol. The van der Waals surface area contributed by atoms with Gasteiger partial charge in [0.25, 0.3) is 0 Å². The summed E-state index contributed by atoms with van der Waals surface area (Å²) in [6.45, 7) is 0. The van der Waals surface area contributed by atoms with Crippen molar-refractivity contribution in [1.29, 1.82) is 0 Å². The van der Waals surface area contributed by atoms with E-state index in [2.05, 4.69) is 193 Å². The van der Waals surface area contributed by atoms with E-state index < -0.39 is 0 Å². The molecule has 8 aromatic carbocycles. The zero-order chi connectivity index (χ0) is 30.0. The summed E-state index contributed by atoms with van der Waals surface area (Å²) in [5.41, 5.74) is 10.6. The van der Waals surface area contributed by atoms with Crippen molar-refractivity contribution in [2.75, 3.05) is 4.90 Å². The first-order valence-corrected chi connectivity index (χ1v) is 15.4. The highest BCUT2D eigenvalue weighted by atomic mass is 15.1. The first-order chi connectivity index (χ1) is 22.3. The van der Waals surface area contributed by atoms with E-state index in [1.807, 2.05) is 0 Å². The van der Waals surface area contributed by atoms with Crippen LogP contribution < -0.4 is 4.90 Å². The summed E-state index contributed by atoms with van der Waals surface area (Å²) >= 11 is 0. The van der Waals surface area contributed by atoms with E-state index in [-0.39, 0.29) is 0 Å². The summed E-state index contributed by atoms with van der Waals surface area (Å²) < 4.78 is 0. The molecule has 0 aliphatic carbocycles. The summed E-state index contributed by atoms with van der Waals surface area (Å²) in [7, 11) is 0. The second-order valence-corrected chi connectivity index (χ2v) is 11.4. The Hall–Kier alpha value is -5.92. The molecule has 0 heterocycles. The molecule has 0 saturated heterocycles. The maximum atomic E-state index is 2.39. The molecule has 0 spiro atoms. The van der Waals surface area contributed by atoms with E-state index in [1.54, 1.807) is 0 Å². The molecule has 0 aromatic heterocycles. The van der Waals surface area contributed by atoms with Crippen LogP contribution in [0.3, 0.4) is 0 Å². The molecule has 1 nitrogen and oxygen atoms in total. The largest absolute Gasteiger partial charge is 0.310 e. The maximum Gasteiger partial charge on any atom is 0.0540 e. The fraction of sp³-hybridized carbons (Fsp3) is 0. The minimum atomic E-state index is 1.12. The molecule has 0 bridgehead atoms. The van der Waals surface area contributed by atoms with Crippen LogP contribution in [0.25, 0.3) is 54.9 Å². The van der Waals surface area contributed by atoms with Gasteiger partial charge in [-0.1, -0.05) is 146 Å². The first kappa shape index (κ1) is 26.7. The molecular weight excluding hydrogens is 542 g/mol. The van der Waals surface area contributed by atoms with Crippen molar-refractivity contribution < 1.29 is 0 Å². The van der Waals surface area contributed by atoms with Crippen LogP contribution >= 0.6 is 0 Å². The van der Waals surface area contributed by atoms with Gasteiger partial charge in [-0.15, -0.1) is 0 Å². The Kier molecular flexibility index (Phi) is 6.90. The van der Waals surface area contributed by atoms with Gasteiger partial charge in [-0.3, -0.25) is 0 Å². The molecule has 45 heavy (non-hydrogen) atoms. The van der Waals surface area contributed by atoms with Gasteiger partial charge in [0.1, 0.15) is 0 Å². The fourth-order valence-electron chi connectivity index (χ4n) is 6.34. The molecule has 0 aliphatic heterocycles. The molecule has 0 N–H and O–H groups in total. The zero-order valence-corrected chi connectivity index (χ0v) is 24.8. The topological polar surface area (TPSA) is 3.24 Å². The lowest BCUT2D eigenvalue weighted by atomic mass is 9.98. The van der Waals surface area contributed by atoms with Crippen LogP contribution in [0.1, 0.15) is 0 Å². The molecule has 8 aromatic rings. The Morgan fingerprint density at radius 1 is 0.267 bits per heavy atom. The number of rotatable bonds is 6. The number of fused-ring (bicyclic) bond motifs is 2.